The number of nitrogens with one attached hydrogen (secondary N) is 3. The zero-order chi connectivity index (χ0) is 20.3. The molecule has 0 spiro atoms. The average molecular weight is 384 g/mol. The van der Waals surface area contributed by atoms with Crippen molar-refractivity contribution >= 4 is 23.2 Å². The molecular formula is C21H26N3O4+. The van der Waals surface area contributed by atoms with Gasteiger partial charge in [0.05, 0.1) is 7.05 Å². The summed E-state index contributed by atoms with van der Waals surface area (Å²) < 4.78 is 10.6. The Morgan fingerprint density at radius 2 is 1.86 bits per heavy atom. The Morgan fingerprint density at radius 1 is 1.11 bits per heavy atom. The number of carbonyl (C=O) groups excluding carboxylic acids is 2. The Kier molecular flexibility index (Phi) is 5.84. The molecule has 148 valence electrons. The van der Waals surface area contributed by atoms with Gasteiger partial charge in [-0.25, -0.2) is 0 Å². The molecule has 7 heteroatoms. The van der Waals surface area contributed by atoms with E-state index in [4.69, 9.17) is 9.47 Å². The second-order valence-corrected chi connectivity index (χ2v) is 7.10. The van der Waals surface area contributed by atoms with Gasteiger partial charge in [-0.1, -0.05) is 12.1 Å². The summed E-state index contributed by atoms with van der Waals surface area (Å²) in [7, 11) is 1.83. The van der Waals surface area contributed by atoms with E-state index in [0.29, 0.717) is 17.2 Å². The largest absolute Gasteiger partial charge is 0.454 e. The topological polar surface area (TPSA) is 81.1 Å². The highest BCUT2D eigenvalue weighted by molar-refractivity contribution is 5.95. The monoisotopic (exact) mass is 384 g/mol. The molecule has 0 saturated carbocycles. The van der Waals surface area contributed by atoms with Gasteiger partial charge in [-0.05, 0) is 50.1 Å². The minimum absolute atomic E-state index is 0.131. The zero-order valence-corrected chi connectivity index (χ0v) is 16.6. The summed E-state index contributed by atoms with van der Waals surface area (Å²) in [4.78, 5) is 25.8. The first-order valence-corrected chi connectivity index (χ1v) is 9.24. The number of hydrogen-bond donors (Lipinski definition) is 3. The molecule has 1 unspecified atom stereocenters. The van der Waals surface area contributed by atoms with Crippen molar-refractivity contribution in [2.75, 3.05) is 31.0 Å². The van der Waals surface area contributed by atoms with Crippen LogP contribution in [0.4, 0.5) is 11.4 Å². The molecule has 0 aromatic heterocycles. The van der Waals surface area contributed by atoms with Crippen LogP contribution in [0.2, 0.25) is 0 Å². The Bertz CT molecular complexity index is 897. The maximum Gasteiger partial charge on any atom is 0.282 e. The van der Waals surface area contributed by atoms with Crippen molar-refractivity contribution in [3.8, 4) is 11.5 Å². The Labute approximate surface area is 164 Å². The third-order valence-electron chi connectivity index (χ3n) is 5.09. The van der Waals surface area contributed by atoms with Crippen LogP contribution in [0.1, 0.15) is 18.1 Å². The van der Waals surface area contributed by atoms with Crippen LogP contribution >= 0.6 is 0 Å². The minimum atomic E-state index is -0.408. The van der Waals surface area contributed by atoms with Crippen molar-refractivity contribution in [3.05, 3.63) is 47.5 Å². The van der Waals surface area contributed by atoms with Crippen LogP contribution in [0.5, 0.6) is 11.5 Å². The molecule has 0 fully saturated rings. The van der Waals surface area contributed by atoms with Gasteiger partial charge in [0, 0.05) is 17.4 Å². The summed E-state index contributed by atoms with van der Waals surface area (Å²) in [5.41, 5.74) is 3.60. The van der Waals surface area contributed by atoms with Crippen LogP contribution in [-0.4, -0.2) is 38.2 Å². The van der Waals surface area contributed by atoms with Crippen LogP contribution in [0.25, 0.3) is 0 Å². The van der Waals surface area contributed by atoms with E-state index in [0.717, 1.165) is 21.7 Å². The first kappa shape index (κ1) is 19.7. The number of benzene rings is 2. The molecule has 2 aromatic rings. The van der Waals surface area contributed by atoms with Gasteiger partial charge in [0.25, 0.3) is 11.8 Å². The maximum atomic E-state index is 12.6. The number of hydrogen-bond acceptors (Lipinski definition) is 4. The van der Waals surface area contributed by atoms with Crippen molar-refractivity contribution in [2.24, 2.45) is 0 Å². The molecule has 3 N–H and O–H groups in total. The molecule has 0 bridgehead atoms. The van der Waals surface area contributed by atoms with Crippen LogP contribution in [0, 0.1) is 13.8 Å². The van der Waals surface area contributed by atoms with E-state index in [9.17, 15) is 9.59 Å². The molecule has 28 heavy (non-hydrogen) atoms. The highest BCUT2D eigenvalue weighted by atomic mass is 16.7. The van der Waals surface area contributed by atoms with Gasteiger partial charge < -0.3 is 25.0 Å². The van der Waals surface area contributed by atoms with Crippen molar-refractivity contribution in [1.82, 2.24) is 0 Å². The van der Waals surface area contributed by atoms with Crippen LogP contribution in [0.15, 0.2) is 36.4 Å². The number of rotatable bonds is 6. The van der Waals surface area contributed by atoms with E-state index in [1.165, 1.54) is 0 Å². The Morgan fingerprint density at radius 3 is 2.64 bits per heavy atom. The summed E-state index contributed by atoms with van der Waals surface area (Å²) in [5, 5.41) is 5.80. The van der Waals surface area contributed by atoms with Crippen molar-refractivity contribution in [2.45, 2.75) is 26.8 Å². The number of quaternary nitrogens is 1. The Balaban J connectivity index is 1.55. The van der Waals surface area contributed by atoms with E-state index in [2.05, 4.69) is 10.6 Å². The molecule has 0 aliphatic carbocycles. The molecule has 0 saturated heterocycles. The molecule has 0 radical (unpaired) electrons. The van der Waals surface area contributed by atoms with Gasteiger partial charge in [0.1, 0.15) is 0 Å². The third kappa shape index (κ3) is 4.43. The second-order valence-electron chi connectivity index (χ2n) is 7.10. The summed E-state index contributed by atoms with van der Waals surface area (Å²) in [6.45, 7) is 6.14. The highest BCUT2D eigenvalue weighted by Crippen LogP contribution is 2.34. The number of likely N-dealkylation sites (N-methyl/N-ethyl adjacent to an activating group) is 1. The smallest absolute Gasteiger partial charge is 0.282 e. The normalized spacial score (nSPS) is 14.3. The number of anilines is 2. The van der Waals surface area contributed by atoms with Gasteiger partial charge in [0.2, 0.25) is 6.79 Å². The molecule has 2 amide bonds. The predicted molar refractivity (Wildman–Crippen MR) is 107 cm³/mol. The molecule has 3 rings (SSSR count). The molecular weight excluding hydrogens is 358 g/mol. The number of amides is 2. The van der Waals surface area contributed by atoms with Gasteiger partial charge in [-0.2, -0.15) is 0 Å². The zero-order valence-electron chi connectivity index (χ0n) is 16.6. The lowest BCUT2D eigenvalue weighted by Crippen LogP contribution is -3.14. The van der Waals surface area contributed by atoms with Gasteiger partial charge in [-0.15, -0.1) is 0 Å². The number of carbonyl (C=O) groups is 2. The Hall–Kier alpha value is -3.06. The maximum absolute atomic E-state index is 12.6. The lowest BCUT2D eigenvalue weighted by molar-refractivity contribution is -0.885. The predicted octanol–water partition coefficient (Wildman–Crippen LogP) is 1.51. The summed E-state index contributed by atoms with van der Waals surface area (Å²) in [5.74, 6) is 0.973. The summed E-state index contributed by atoms with van der Waals surface area (Å²) in [6.07, 6.45) is 0. The summed E-state index contributed by atoms with van der Waals surface area (Å²) in [6, 6.07) is 10.6. The van der Waals surface area contributed by atoms with Crippen molar-refractivity contribution < 1.29 is 24.0 Å². The van der Waals surface area contributed by atoms with E-state index in [-0.39, 0.29) is 25.2 Å². The lowest BCUT2D eigenvalue weighted by atomic mass is 10.1. The first-order chi connectivity index (χ1) is 13.3. The van der Waals surface area contributed by atoms with Crippen molar-refractivity contribution in [3.63, 3.8) is 0 Å². The van der Waals surface area contributed by atoms with E-state index in [1.807, 2.05) is 39.1 Å². The molecule has 2 aromatic carbocycles. The molecule has 2 atom stereocenters. The molecule has 1 heterocycles. The lowest BCUT2D eigenvalue weighted by Gasteiger charge is -2.21. The fourth-order valence-electron chi connectivity index (χ4n) is 2.94. The number of aryl methyl sites for hydroxylation is 1. The highest BCUT2D eigenvalue weighted by Gasteiger charge is 2.25. The summed E-state index contributed by atoms with van der Waals surface area (Å²) >= 11 is 0. The van der Waals surface area contributed by atoms with E-state index < -0.39 is 6.04 Å². The molecule has 7 nitrogen and oxygen atoms in total. The standard InChI is InChI=1S/C21H25N3O4/c1-13-6-5-7-17(14(13)2)23-20(25)11-24(4)15(3)21(26)22-16-8-9-18-19(10-16)28-12-27-18/h5-10,15H,11-12H2,1-4H3,(H,22,26)(H,23,25)/p+1/t15-/m0/s1. The van der Waals surface area contributed by atoms with Gasteiger partial charge >= 0.3 is 0 Å². The molecule has 1 aliphatic rings. The van der Waals surface area contributed by atoms with E-state index >= 15 is 0 Å². The third-order valence-corrected chi connectivity index (χ3v) is 5.09. The quantitative estimate of drug-likeness (QED) is 0.705. The van der Waals surface area contributed by atoms with Gasteiger partial charge in [-0.3, -0.25) is 9.59 Å². The second kappa shape index (κ2) is 8.31. The SMILES string of the molecule is Cc1cccc(NC(=O)C[NH+](C)[C@@H](C)C(=O)Nc2ccc3c(c2)OCO3)c1C. The number of ether oxygens (including phenoxy) is 2. The fraction of sp³-hybridized carbons (Fsp3) is 0.333. The van der Waals surface area contributed by atoms with Crippen LogP contribution in [-0.2, 0) is 9.59 Å². The van der Waals surface area contributed by atoms with E-state index in [1.54, 1.807) is 25.1 Å². The van der Waals surface area contributed by atoms with Crippen LogP contribution in [0.3, 0.4) is 0 Å². The molecule has 1 aliphatic heterocycles. The minimum Gasteiger partial charge on any atom is -0.454 e. The first-order valence-electron chi connectivity index (χ1n) is 9.24. The van der Waals surface area contributed by atoms with Crippen molar-refractivity contribution in [1.29, 1.82) is 0 Å². The fourth-order valence-corrected chi connectivity index (χ4v) is 2.94. The van der Waals surface area contributed by atoms with Gasteiger partial charge in [0.15, 0.2) is 24.1 Å². The average Bonchev–Trinajstić information content (AvgIpc) is 3.12. The number of fused-ring (bicyclic) bond motifs is 1. The van der Waals surface area contributed by atoms with Crippen LogP contribution < -0.4 is 25.0 Å².